The average Bonchev–Trinajstić information content (AvgIpc) is 3.23. The van der Waals surface area contributed by atoms with Crippen molar-refractivity contribution in [3.05, 3.63) is 12.2 Å². The molecule has 368 valence electrons. The van der Waals surface area contributed by atoms with E-state index in [2.05, 4.69) is 26.0 Å². The second-order valence-corrected chi connectivity index (χ2v) is 20.7. The zero-order valence-corrected chi connectivity index (χ0v) is 42.5. The van der Waals surface area contributed by atoms with E-state index in [-0.39, 0.29) is 26.1 Å². The molecule has 0 saturated heterocycles. The van der Waals surface area contributed by atoms with Crippen LogP contribution in [-0.4, -0.2) is 70.0 Å². The van der Waals surface area contributed by atoms with Gasteiger partial charge in [0.2, 0.25) is 0 Å². The van der Waals surface area contributed by atoms with E-state index in [9.17, 15) is 19.0 Å². The summed E-state index contributed by atoms with van der Waals surface area (Å²) in [6.45, 7) is 4.26. The smallest absolute Gasteiger partial charge is 0.306 e. The highest BCUT2D eigenvalue weighted by Gasteiger charge is 2.21. The van der Waals surface area contributed by atoms with E-state index in [1.54, 1.807) is 0 Å². The van der Waals surface area contributed by atoms with Crippen molar-refractivity contribution in [2.24, 2.45) is 0 Å². The monoisotopic (exact) mass is 900 g/mol. The summed E-state index contributed by atoms with van der Waals surface area (Å²) in [4.78, 5) is 37.7. The lowest BCUT2D eigenvalue weighted by Gasteiger charge is -2.28. The number of esters is 2. The third-order valence-electron chi connectivity index (χ3n) is 11.8. The van der Waals surface area contributed by atoms with E-state index in [1.165, 1.54) is 186 Å². The summed E-state index contributed by atoms with van der Waals surface area (Å²) in [5.74, 6) is -0.844. The lowest BCUT2D eigenvalue weighted by Crippen LogP contribution is -2.37. The first-order valence-corrected chi connectivity index (χ1v) is 27.9. The predicted molar refractivity (Wildman–Crippen MR) is 259 cm³/mol. The minimum atomic E-state index is -4.63. The Labute approximate surface area is 384 Å². The maximum Gasteiger partial charge on any atom is 0.306 e. The maximum atomic E-state index is 12.7. The first-order chi connectivity index (χ1) is 30.0. The standard InChI is InChI=1S/C52H102NO8P/c1-6-8-10-12-14-16-18-20-22-23-24-25-26-27-28-29-31-33-35-37-39-41-43-45-52(55)61-50(49-60-62(56,57)59-47-46-53(3,4)5)48-58-51(54)44-42-40-38-36-34-32-30-21-19-17-15-13-11-9-7-2/h34,36,50H,6-33,35,37-49H2,1-5H3/b36-34+/t50-/m1/s1. The zero-order chi connectivity index (χ0) is 45.7. The predicted octanol–water partition coefficient (Wildman–Crippen LogP) is 15.1. The van der Waals surface area contributed by atoms with Gasteiger partial charge in [-0.1, -0.05) is 219 Å². The molecule has 2 atom stereocenters. The summed E-state index contributed by atoms with van der Waals surface area (Å²) in [5, 5.41) is 0. The van der Waals surface area contributed by atoms with Crippen molar-refractivity contribution in [2.45, 2.75) is 264 Å². The molecule has 0 aliphatic carbocycles. The Hall–Kier alpha value is -1.25. The summed E-state index contributed by atoms with van der Waals surface area (Å²) in [7, 11) is 1.17. The molecule has 0 fully saturated rings. The fraction of sp³-hybridized carbons (Fsp3) is 0.923. The average molecular weight is 900 g/mol. The highest BCUT2D eigenvalue weighted by molar-refractivity contribution is 7.45. The number of nitrogens with zero attached hydrogens (tertiary/aromatic N) is 1. The number of likely N-dealkylation sites (N-methyl/N-ethyl adjacent to an activating group) is 1. The van der Waals surface area contributed by atoms with Crippen LogP contribution in [0.3, 0.4) is 0 Å². The number of carbonyl (C=O) groups excluding carboxylic acids is 2. The topological polar surface area (TPSA) is 111 Å². The summed E-state index contributed by atoms with van der Waals surface area (Å²) in [6.07, 6.45) is 49.7. The maximum absolute atomic E-state index is 12.7. The molecule has 0 N–H and O–H groups in total. The molecule has 62 heavy (non-hydrogen) atoms. The highest BCUT2D eigenvalue weighted by Crippen LogP contribution is 2.38. The molecule has 0 radical (unpaired) electrons. The van der Waals surface area contributed by atoms with Crippen LogP contribution in [0.15, 0.2) is 12.2 Å². The Bertz CT molecular complexity index is 1060. The fourth-order valence-corrected chi connectivity index (χ4v) is 8.38. The molecule has 0 aliphatic heterocycles. The van der Waals surface area contributed by atoms with Crippen LogP contribution in [0.5, 0.6) is 0 Å². The normalized spacial score (nSPS) is 13.5. The number of allylic oxidation sites excluding steroid dienone is 2. The largest absolute Gasteiger partial charge is 0.756 e. The Morgan fingerprint density at radius 3 is 1.23 bits per heavy atom. The number of unbranched alkanes of at least 4 members (excludes halogenated alkanes) is 33. The van der Waals surface area contributed by atoms with Crippen LogP contribution in [0.1, 0.15) is 258 Å². The van der Waals surface area contributed by atoms with Gasteiger partial charge in [-0.2, -0.15) is 0 Å². The van der Waals surface area contributed by atoms with Crippen LogP contribution >= 0.6 is 7.82 Å². The minimum absolute atomic E-state index is 0.0301. The number of phosphoric ester groups is 1. The Balaban J connectivity index is 4.18. The molecule has 0 rings (SSSR count). The SMILES string of the molecule is CCCCCCCCCCC/C=C/CCCCC(=O)OC[C@H](COP(=O)([O-])OCC[N+](C)(C)C)OC(=O)CCCCCCCCCCCCCCCCCCCCCCCCC. The van der Waals surface area contributed by atoms with E-state index >= 15 is 0 Å². The van der Waals surface area contributed by atoms with Crippen molar-refractivity contribution >= 4 is 19.8 Å². The molecule has 0 amide bonds. The van der Waals surface area contributed by atoms with Gasteiger partial charge in [-0.25, -0.2) is 0 Å². The summed E-state index contributed by atoms with van der Waals surface area (Å²) >= 11 is 0. The van der Waals surface area contributed by atoms with E-state index < -0.39 is 32.5 Å². The number of carbonyl (C=O) groups is 2. The van der Waals surface area contributed by atoms with Gasteiger partial charge < -0.3 is 27.9 Å². The number of ether oxygens (including phenoxy) is 2. The van der Waals surface area contributed by atoms with Crippen LogP contribution in [0.25, 0.3) is 0 Å². The van der Waals surface area contributed by atoms with Crippen molar-refractivity contribution in [2.75, 3.05) is 47.5 Å². The van der Waals surface area contributed by atoms with Gasteiger partial charge in [0.25, 0.3) is 7.82 Å². The number of phosphoric acid groups is 1. The van der Waals surface area contributed by atoms with Crippen LogP contribution < -0.4 is 4.89 Å². The van der Waals surface area contributed by atoms with Gasteiger partial charge in [0.15, 0.2) is 6.10 Å². The van der Waals surface area contributed by atoms with Crippen molar-refractivity contribution < 1.29 is 42.1 Å². The summed E-state index contributed by atoms with van der Waals surface area (Å²) in [6, 6.07) is 0. The first kappa shape index (κ1) is 60.8. The molecular formula is C52H102NO8P. The van der Waals surface area contributed by atoms with Gasteiger partial charge >= 0.3 is 11.9 Å². The van der Waals surface area contributed by atoms with Gasteiger partial charge in [0, 0.05) is 12.8 Å². The van der Waals surface area contributed by atoms with E-state index in [0.29, 0.717) is 23.9 Å². The van der Waals surface area contributed by atoms with E-state index in [4.69, 9.17) is 18.5 Å². The lowest BCUT2D eigenvalue weighted by molar-refractivity contribution is -0.870. The van der Waals surface area contributed by atoms with Crippen molar-refractivity contribution in [1.29, 1.82) is 0 Å². The van der Waals surface area contributed by atoms with Crippen LogP contribution in [0.4, 0.5) is 0 Å². The molecule has 9 nitrogen and oxygen atoms in total. The van der Waals surface area contributed by atoms with Gasteiger partial charge in [-0.05, 0) is 38.5 Å². The molecule has 1 unspecified atom stereocenters. The van der Waals surface area contributed by atoms with Gasteiger partial charge in [-0.15, -0.1) is 0 Å². The molecule has 0 spiro atoms. The van der Waals surface area contributed by atoms with Crippen molar-refractivity contribution in [1.82, 2.24) is 0 Å². The molecule has 0 aromatic rings. The van der Waals surface area contributed by atoms with Crippen LogP contribution in [0, 0.1) is 0 Å². The summed E-state index contributed by atoms with van der Waals surface area (Å²) < 4.78 is 34.0. The number of quaternary nitrogens is 1. The minimum Gasteiger partial charge on any atom is -0.756 e. The Morgan fingerprint density at radius 2 is 0.823 bits per heavy atom. The first-order valence-electron chi connectivity index (χ1n) is 26.4. The fourth-order valence-electron chi connectivity index (χ4n) is 7.65. The number of hydrogen-bond donors (Lipinski definition) is 0. The lowest BCUT2D eigenvalue weighted by atomic mass is 10.0. The molecule has 0 aromatic carbocycles. The van der Waals surface area contributed by atoms with Crippen molar-refractivity contribution in [3.63, 3.8) is 0 Å². The molecule has 0 saturated carbocycles. The Kier molecular flexibility index (Phi) is 44.0. The highest BCUT2D eigenvalue weighted by atomic mass is 31.2. The van der Waals surface area contributed by atoms with E-state index in [0.717, 1.165) is 32.1 Å². The molecule has 0 heterocycles. The summed E-state index contributed by atoms with van der Waals surface area (Å²) in [5.41, 5.74) is 0. The van der Waals surface area contributed by atoms with Crippen LogP contribution in [0.2, 0.25) is 0 Å². The van der Waals surface area contributed by atoms with Gasteiger partial charge in [0.1, 0.15) is 19.8 Å². The second-order valence-electron chi connectivity index (χ2n) is 19.2. The Morgan fingerprint density at radius 1 is 0.484 bits per heavy atom. The molecular weight excluding hydrogens is 798 g/mol. The molecule has 0 bridgehead atoms. The number of rotatable bonds is 49. The quantitative estimate of drug-likeness (QED) is 0.0195. The molecule has 10 heteroatoms. The molecule has 0 aromatic heterocycles. The van der Waals surface area contributed by atoms with E-state index in [1.807, 2.05) is 21.1 Å². The van der Waals surface area contributed by atoms with Crippen LogP contribution in [-0.2, 0) is 32.7 Å². The number of hydrogen-bond acceptors (Lipinski definition) is 8. The third-order valence-corrected chi connectivity index (χ3v) is 12.7. The van der Waals surface area contributed by atoms with Gasteiger partial charge in [-0.3, -0.25) is 14.2 Å². The second kappa shape index (κ2) is 44.9. The zero-order valence-electron chi connectivity index (χ0n) is 41.6. The third kappa shape index (κ3) is 48.2. The molecule has 0 aliphatic rings. The van der Waals surface area contributed by atoms with Gasteiger partial charge in [0.05, 0.1) is 27.7 Å². The van der Waals surface area contributed by atoms with Crippen molar-refractivity contribution in [3.8, 4) is 0 Å².